The number of unbranched alkanes of at least 4 members (excludes halogenated alkanes) is 2. The van der Waals surface area contributed by atoms with Crippen molar-refractivity contribution < 1.29 is 8.42 Å². The number of nitrogens with zero attached hydrogens (tertiary/aromatic N) is 4. The Morgan fingerprint density at radius 3 is 2.00 bits per heavy atom. The van der Waals surface area contributed by atoms with Crippen molar-refractivity contribution in [1.82, 2.24) is 18.1 Å². The van der Waals surface area contributed by atoms with Gasteiger partial charge in [0.25, 0.3) is 15.6 Å². The minimum Gasteiger partial charge on any atom is -0.276 e. The van der Waals surface area contributed by atoms with Crippen molar-refractivity contribution in [3.8, 4) is 0 Å². The number of aryl methyl sites for hydroxylation is 1. The Hall–Kier alpha value is -2.68. The molecule has 32 heavy (non-hydrogen) atoms. The van der Waals surface area contributed by atoms with E-state index in [1.165, 1.54) is 4.57 Å². The van der Waals surface area contributed by atoms with Crippen LogP contribution in [0.2, 0.25) is 0 Å². The first-order chi connectivity index (χ1) is 15.0. The molecule has 3 rings (SSSR count). The van der Waals surface area contributed by atoms with Crippen LogP contribution in [-0.2, 0) is 28.5 Å². The minimum absolute atomic E-state index is 0.0654. The van der Waals surface area contributed by atoms with Gasteiger partial charge in [0, 0.05) is 13.1 Å². The highest BCUT2D eigenvalue weighted by atomic mass is 32.2. The third kappa shape index (κ3) is 4.30. The molecule has 0 aliphatic rings. The maximum atomic E-state index is 13.4. The summed E-state index contributed by atoms with van der Waals surface area (Å²) in [6, 6.07) is 6.65. The van der Waals surface area contributed by atoms with E-state index in [0.29, 0.717) is 13.0 Å². The zero-order valence-corrected chi connectivity index (χ0v) is 20.3. The van der Waals surface area contributed by atoms with E-state index in [9.17, 15) is 18.0 Å². The molecule has 8 nitrogen and oxygen atoms in total. The molecule has 1 aromatic carbocycles. The van der Waals surface area contributed by atoms with Crippen LogP contribution in [0.25, 0.3) is 11.2 Å². The van der Waals surface area contributed by atoms with Crippen LogP contribution in [0.15, 0.2) is 45.1 Å². The smallest absolute Gasteiger partial charge is 0.276 e. The third-order valence-corrected chi connectivity index (χ3v) is 7.29. The van der Waals surface area contributed by atoms with E-state index < -0.39 is 21.3 Å². The molecule has 2 aromatic heterocycles. The fourth-order valence-corrected chi connectivity index (χ4v) is 4.90. The molecule has 3 aromatic rings. The van der Waals surface area contributed by atoms with Crippen LogP contribution in [0, 0.1) is 0 Å². The SMILES string of the molecule is CCCCn1c(=O)c2c(ncn2S(=O)(=O)c2ccc(C(C)(C)C)cc2)n(CCCC)c1=O. The first-order valence-corrected chi connectivity index (χ1v) is 12.5. The Balaban J connectivity index is 2.25. The zero-order chi connectivity index (χ0) is 23.7. The van der Waals surface area contributed by atoms with Crippen molar-refractivity contribution in [3.63, 3.8) is 0 Å². The molecule has 0 N–H and O–H groups in total. The number of hydrogen-bond acceptors (Lipinski definition) is 5. The van der Waals surface area contributed by atoms with E-state index in [-0.39, 0.29) is 28.0 Å². The average molecular weight is 461 g/mol. The normalized spacial score (nSPS) is 12.5. The van der Waals surface area contributed by atoms with Crippen LogP contribution in [0.1, 0.15) is 65.9 Å². The summed E-state index contributed by atoms with van der Waals surface area (Å²) in [5.74, 6) is 0. The lowest BCUT2D eigenvalue weighted by Gasteiger charge is -2.19. The minimum atomic E-state index is -4.07. The Morgan fingerprint density at radius 2 is 1.47 bits per heavy atom. The van der Waals surface area contributed by atoms with Crippen LogP contribution < -0.4 is 11.2 Å². The topological polar surface area (TPSA) is 96.0 Å². The molecule has 0 aliphatic carbocycles. The molecular weight excluding hydrogens is 428 g/mol. The molecule has 0 saturated heterocycles. The van der Waals surface area contributed by atoms with Gasteiger partial charge in [-0.1, -0.05) is 59.6 Å². The van der Waals surface area contributed by atoms with Gasteiger partial charge in [0.15, 0.2) is 11.2 Å². The van der Waals surface area contributed by atoms with Crippen molar-refractivity contribution in [3.05, 3.63) is 57.0 Å². The first kappa shape index (κ1) is 24.0. The summed E-state index contributed by atoms with van der Waals surface area (Å²) in [4.78, 5) is 30.5. The molecule has 0 spiro atoms. The van der Waals surface area contributed by atoms with Crippen LogP contribution in [0.3, 0.4) is 0 Å². The van der Waals surface area contributed by atoms with Crippen LogP contribution in [0.5, 0.6) is 0 Å². The van der Waals surface area contributed by atoms with E-state index in [2.05, 4.69) is 4.98 Å². The molecule has 0 unspecified atom stereocenters. The first-order valence-electron chi connectivity index (χ1n) is 11.1. The lowest BCUT2D eigenvalue weighted by molar-refractivity contribution is 0.529. The summed E-state index contributed by atoms with van der Waals surface area (Å²) in [6.45, 7) is 10.7. The lowest BCUT2D eigenvalue weighted by atomic mass is 9.87. The van der Waals surface area contributed by atoms with E-state index in [1.807, 2.05) is 34.6 Å². The van der Waals surface area contributed by atoms with Gasteiger partial charge in [-0.15, -0.1) is 0 Å². The second-order valence-electron chi connectivity index (χ2n) is 9.09. The highest BCUT2D eigenvalue weighted by molar-refractivity contribution is 7.90. The summed E-state index contributed by atoms with van der Waals surface area (Å²) in [7, 11) is -4.07. The largest absolute Gasteiger partial charge is 0.332 e. The molecule has 0 radical (unpaired) electrons. The van der Waals surface area contributed by atoms with Gasteiger partial charge in [0.2, 0.25) is 0 Å². The monoisotopic (exact) mass is 460 g/mol. The molecule has 0 saturated carbocycles. The van der Waals surface area contributed by atoms with Crippen LogP contribution in [0.4, 0.5) is 0 Å². The van der Waals surface area contributed by atoms with Crippen molar-refractivity contribution in [2.75, 3.05) is 0 Å². The second-order valence-corrected chi connectivity index (χ2v) is 10.9. The van der Waals surface area contributed by atoms with Crippen molar-refractivity contribution in [2.24, 2.45) is 0 Å². The van der Waals surface area contributed by atoms with Gasteiger partial charge in [-0.2, -0.15) is 0 Å². The van der Waals surface area contributed by atoms with Gasteiger partial charge in [0.05, 0.1) is 4.90 Å². The number of fused-ring (bicyclic) bond motifs is 1. The van der Waals surface area contributed by atoms with Gasteiger partial charge in [0.1, 0.15) is 6.33 Å². The summed E-state index contributed by atoms with van der Waals surface area (Å²) < 4.78 is 30.4. The Labute approximate surface area is 188 Å². The molecule has 0 fully saturated rings. The van der Waals surface area contributed by atoms with E-state index in [0.717, 1.165) is 39.7 Å². The predicted molar refractivity (Wildman–Crippen MR) is 126 cm³/mol. The summed E-state index contributed by atoms with van der Waals surface area (Å²) in [6.07, 6.45) is 4.14. The number of rotatable bonds is 8. The summed E-state index contributed by atoms with van der Waals surface area (Å²) in [5.41, 5.74) is -0.165. The van der Waals surface area contributed by atoms with Gasteiger partial charge >= 0.3 is 5.69 Å². The summed E-state index contributed by atoms with van der Waals surface area (Å²) in [5, 5.41) is 0. The molecule has 2 heterocycles. The number of imidazole rings is 1. The Bertz CT molecular complexity index is 1320. The van der Waals surface area contributed by atoms with Crippen LogP contribution >= 0.6 is 0 Å². The third-order valence-electron chi connectivity index (χ3n) is 5.63. The fourth-order valence-electron chi connectivity index (χ4n) is 3.62. The van der Waals surface area contributed by atoms with E-state index in [4.69, 9.17) is 0 Å². The highest BCUT2D eigenvalue weighted by Gasteiger charge is 2.26. The highest BCUT2D eigenvalue weighted by Crippen LogP contribution is 2.25. The van der Waals surface area contributed by atoms with Crippen molar-refractivity contribution in [1.29, 1.82) is 0 Å². The van der Waals surface area contributed by atoms with E-state index >= 15 is 0 Å². The van der Waals surface area contributed by atoms with E-state index in [1.54, 1.807) is 24.3 Å². The average Bonchev–Trinajstić information content (AvgIpc) is 3.19. The predicted octanol–water partition coefficient (Wildman–Crippen LogP) is 3.49. The van der Waals surface area contributed by atoms with Crippen molar-refractivity contribution in [2.45, 2.75) is 83.7 Å². The number of benzene rings is 1. The molecule has 0 aliphatic heterocycles. The maximum Gasteiger partial charge on any atom is 0.332 e. The number of hydrogen-bond donors (Lipinski definition) is 0. The number of aromatic nitrogens is 4. The second kappa shape index (κ2) is 9.05. The van der Waals surface area contributed by atoms with Gasteiger partial charge in [-0.05, 0) is 36.0 Å². The molecule has 0 amide bonds. The Morgan fingerprint density at radius 1 is 0.906 bits per heavy atom. The van der Waals surface area contributed by atoms with Gasteiger partial charge in [-0.3, -0.25) is 13.9 Å². The van der Waals surface area contributed by atoms with Crippen molar-refractivity contribution >= 4 is 21.2 Å². The van der Waals surface area contributed by atoms with Crippen LogP contribution in [-0.4, -0.2) is 26.5 Å². The standard InChI is InChI=1S/C23H32N4O4S/c1-6-8-14-25-20-19(21(28)26(22(25)29)15-9-7-2)27(16-24-20)32(30,31)18-12-10-17(11-13-18)23(3,4)5/h10-13,16H,6-9,14-15H2,1-5H3. The lowest BCUT2D eigenvalue weighted by Crippen LogP contribution is -2.41. The fraction of sp³-hybridized carbons (Fsp3) is 0.522. The van der Waals surface area contributed by atoms with Gasteiger partial charge in [-0.25, -0.2) is 22.2 Å². The molecular formula is C23H32N4O4S. The summed E-state index contributed by atoms with van der Waals surface area (Å²) >= 11 is 0. The quantitative estimate of drug-likeness (QED) is 0.513. The Kier molecular flexibility index (Phi) is 6.78. The maximum absolute atomic E-state index is 13.4. The molecule has 0 bridgehead atoms. The molecule has 0 atom stereocenters. The zero-order valence-electron chi connectivity index (χ0n) is 19.5. The molecule has 9 heteroatoms. The molecule has 174 valence electrons. The van der Waals surface area contributed by atoms with Gasteiger partial charge < -0.3 is 0 Å².